The summed E-state index contributed by atoms with van der Waals surface area (Å²) in [4.78, 5) is 2.51. The quantitative estimate of drug-likeness (QED) is 0.148. The van der Waals surface area contributed by atoms with Gasteiger partial charge in [-0.15, -0.1) is 0 Å². The van der Waals surface area contributed by atoms with Crippen molar-refractivity contribution in [3.63, 3.8) is 0 Å². The van der Waals surface area contributed by atoms with E-state index in [2.05, 4.69) is 257 Å². The van der Waals surface area contributed by atoms with Crippen LogP contribution < -0.4 is 4.90 Å². The Bertz CT molecular complexity index is 2990. The van der Waals surface area contributed by atoms with E-state index in [9.17, 15) is 0 Å². The van der Waals surface area contributed by atoms with Crippen molar-refractivity contribution < 1.29 is 0 Å². The van der Waals surface area contributed by atoms with Crippen LogP contribution in [0.25, 0.3) is 44.5 Å². The first kappa shape index (κ1) is 39.6. The highest BCUT2D eigenvalue weighted by Gasteiger charge is 2.47. The third-order valence-electron chi connectivity index (χ3n) is 14.4. The molecular weight excluding hydrogens is 771 g/mol. The fraction of sp³-hybridized carbons (Fsp3) is 0.143. The summed E-state index contributed by atoms with van der Waals surface area (Å²) >= 11 is 0. The standard InChI is InChI=1S/C63H53N/c1-61(2)39-40-62(3,4)59-41-48(33-38-57(59)61)54-42-55-53-27-17-18-28-56(53)63(49-23-13-7-14-24-49,50-25-15-8-16-26-50)58(55)43-60(54)64(51-34-29-46(30-35-51)44-19-9-5-10-20-44)52-36-31-47(32-37-52)45-21-11-6-12-22-45/h5-38,41-43H,39-40H2,1-4H3. The Morgan fingerprint density at radius 2 is 0.750 bits per heavy atom. The molecule has 9 aromatic carbocycles. The van der Waals surface area contributed by atoms with Gasteiger partial charge in [-0.3, -0.25) is 0 Å². The molecular formula is C63H53N. The molecule has 0 amide bonds. The zero-order valence-electron chi connectivity index (χ0n) is 37.2. The molecule has 0 atom stereocenters. The number of hydrogen-bond acceptors (Lipinski definition) is 1. The van der Waals surface area contributed by atoms with Gasteiger partial charge in [0, 0.05) is 16.9 Å². The van der Waals surface area contributed by atoms with Gasteiger partial charge in [0.05, 0.1) is 11.1 Å². The van der Waals surface area contributed by atoms with Crippen molar-refractivity contribution in [3.8, 4) is 44.5 Å². The van der Waals surface area contributed by atoms with Crippen molar-refractivity contribution in [1.29, 1.82) is 0 Å². The molecule has 0 radical (unpaired) electrons. The van der Waals surface area contributed by atoms with E-state index in [-0.39, 0.29) is 10.8 Å². The minimum Gasteiger partial charge on any atom is -0.310 e. The highest BCUT2D eigenvalue weighted by molar-refractivity contribution is 5.97. The van der Waals surface area contributed by atoms with Gasteiger partial charge in [0.2, 0.25) is 0 Å². The van der Waals surface area contributed by atoms with Crippen molar-refractivity contribution in [1.82, 2.24) is 0 Å². The molecule has 0 spiro atoms. The Labute approximate surface area is 379 Å². The first-order chi connectivity index (χ1) is 31.2. The van der Waals surface area contributed by atoms with Gasteiger partial charge in [-0.05, 0) is 132 Å². The van der Waals surface area contributed by atoms with Gasteiger partial charge < -0.3 is 4.90 Å². The van der Waals surface area contributed by atoms with Crippen LogP contribution in [0.1, 0.15) is 73.9 Å². The summed E-state index contributed by atoms with van der Waals surface area (Å²) in [6.07, 6.45) is 2.34. The van der Waals surface area contributed by atoms with Gasteiger partial charge in [-0.2, -0.15) is 0 Å². The molecule has 1 heteroatoms. The minimum absolute atomic E-state index is 0.0559. The molecule has 0 N–H and O–H groups in total. The summed E-state index contributed by atoms with van der Waals surface area (Å²) < 4.78 is 0. The van der Waals surface area contributed by atoms with Crippen molar-refractivity contribution in [2.45, 2.75) is 56.8 Å². The summed E-state index contributed by atoms with van der Waals surface area (Å²) in [5.41, 5.74) is 20.8. The molecule has 0 saturated carbocycles. The van der Waals surface area contributed by atoms with Gasteiger partial charge in [0.15, 0.2) is 0 Å². The number of nitrogens with zero attached hydrogens (tertiary/aromatic N) is 1. The minimum atomic E-state index is -0.552. The molecule has 0 heterocycles. The Morgan fingerprint density at radius 1 is 0.312 bits per heavy atom. The second-order valence-electron chi connectivity index (χ2n) is 19.1. The number of fused-ring (bicyclic) bond motifs is 4. The molecule has 2 aliphatic carbocycles. The summed E-state index contributed by atoms with van der Waals surface area (Å²) in [5.74, 6) is 0. The van der Waals surface area contributed by atoms with Crippen LogP contribution in [-0.4, -0.2) is 0 Å². The maximum atomic E-state index is 2.55. The van der Waals surface area contributed by atoms with Crippen LogP contribution in [0.2, 0.25) is 0 Å². The average Bonchev–Trinajstić information content (AvgIpc) is 3.64. The van der Waals surface area contributed by atoms with E-state index in [0.717, 1.165) is 23.5 Å². The van der Waals surface area contributed by atoms with E-state index < -0.39 is 5.41 Å². The lowest BCUT2D eigenvalue weighted by molar-refractivity contribution is 0.332. The largest absolute Gasteiger partial charge is 0.310 e. The van der Waals surface area contributed by atoms with Crippen molar-refractivity contribution in [3.05, 3.63) is 258 Å². The molecule has 0 unspecified atom stereocenters. The van der Waals surface area contributed by atoms with Crippen LogP contribution in [0.15, 0.2) is 224 Å². The van der Waals surface area contributed by atoms with Crippen molar-refractivity contribution in [2.75, 3.05) is 4.90 Å². The molecule has 64 heavy (non-hydrogen) atoms. The fourth-order valence-electron chi connectivity index (χ4n) is 10.9. The molecule has 9 aromatic rings. The van der Waals surface area contributed by atoms with E-state index in [0.29, 0.717) is 0 Å². The van der Waals surface area contributed by atoms with Gasteiger partial charge in [-0.25, -0.2) is 0 Å². The lowest BCUT2D eigenvalue weighted by Gasteiger charge is -2.42. The van der Waals surface area contributed by atoms with Gasteiger partial charge in [-0.1, -0.05) is 216 Å². The highest BCUT2D eigenvalue weighted by atomic mass is 15.1. The lowest BCUT2D eigenvalue weighted by Crippen LogP contribution is -2.33. The molecule has 0 aromatic heterocycles. The molecule has 310 valence electrons. The smallest absolute Gasteiger partial charge is 0.0714 e. The predicted molar refractivity (Wildman–Crippen MR) is 270 cm³/mol. The van der Waals surface area contributed by atoms with Gasteiger partial charge >= 0.3 is 0 Å². The van der Waals surface area contributed by atoms with Gasteiger partial charge in [0.1, 0.15) is 0 Å². The molecule has 2 aliphatic rings. The molecule has 0 bridgehead atoms. The molecule has 0 saturated heterocycles. The zero-order valence-corrected chi connectivity index (χ0v) is 37.2. The van der Waals surface area contributed by atoms with Crippen LogP contribution in [0.3, 0.4) is 0 Å². The topological polar surface area (TPSA) is 3.24 Å². The van der Waals surface area contributed by atoms with Crippen LogP contribution >= 0.6 is 0 Å². The van der Waals surface area contributed by atoms with Crippen LogP contribution in [0, 0.1) is 0 Å². The number of rotatable bonds is 8. The maximum absolute atomic E-state index is 2.55. The lowest BCUT2D eigenvalue weighted by atomic mass is 9.63. The van der Waals surface area contributed by atoms with Crippen LogP contribution in [0.4, 0.5) is 17.1 Å². The summed E-state index contributed by atoms with van der Waals surface area (Å²) in [5, 5.41) is 0. The zero-order chi connectivity index (χ0) is 43.5. The van der Waals surface area contributed by atoms with Gasteiger partial charge in [0.25, 0.3) is 0 Å². The molecule has 0 fully saturated rings. The summed E-state index contributed by atoms with van der Waals surface area (Å²) in [6, 6.07) is 83.7. The van der Waals surface area contributed by atoms with Crippen LogP contribution in [0.5, 0.6) is 0 Å². The second kappa shape index (κ2) is 15.5. The van der Waals surface area contributed by atoms with E-state index in [1.54, 1.807) is 0 Å². The van der Waals surface area contributed by atoms with Crippen molar-refractivity contribution >= 4 is 17.1 Å². The molecule has 1 nitrogen and oxygen atoms in total. The SMILES string of the molecule is CC1(C)CCC(C)(C)c2cc(-c3cc4c(cc3N(c3ccc(-c5ccccc5)cc3)c3ccc(-c5ccccc5)cc3)C(c3ccccc3)(c3ccccc3)c3ccccc3-4)ccc21. The van der Waals surface area contributed by atoms with Crippen LogP contribution in [-0.2, 0) is 16.2 Å². The molecule has 11 rings (SSSR count). The third-order valence-corrected chi connectivity index (χ3v) is 14.4. The van der Waals surface area contributed by atoms with E-state index in [1.165, 1.54) is 84.3 Å². The summed E-state index contributed by atoms with van der Waals surface area (Å²) in [6.45, 7) is 9.72. The Kier molecular flexibility index (Phi) is 9.62. The molecule has 0 aliphatic heterocycles. The number of benzene rings is 9. The Hall–Kier alpha value is -7.22. The average molecular weight is 824 g/mol. The highest BCUT2D eigenvalue weighted by Crippen LogP contribution is 2.59. The number of hydrogen-bond donors (Lipinski definition) is 0. The number of anilines is 3. The second-order valence-corrected chi connectivity index (χ2v) is 19.1. The fourth-order valence-corrected chi connectivity index (χ4v) is 10.9. The third kappa shape index (κ3) is 6.53. The monoisotopic (exact) mass is 823 g/mol. The Morgan fingerprint density at radius 3 is 1.28 bits per heavy atom. The first-order valence-corrected chi connectivity index (χ1v) is 22.9. The maximum Gasteiger partial charge on any atom is 0.0714 e. The van der Waals surface area contributed by atoms with E-state index >= 15 is 0 Å². The van der Waals surface area contributed by atoms with Crippen molar-refractivity contribution in [2.24, 2.45) is 0 Å². The van der Waals surface area contributed by atoms with E-state index in [4.69, 9.17) is 0 Å². The predicted octanol–water partition coefficient (Wildman–Crippen LogP) is 16.9. The summed E-state index contributed by atoms with van der Waals surface area (Å²) in [7, 11) is 0. The Balaban J connectivity index is 1.23. The normalized spacial score (nSPS) is 15.1. The first-order valence-electron chi connectivity index (χ1n) is 22.9. The van der Waals surface area contributed by atoms with E-state index in [1.807, 2.05) is 0 Å².